The molecule has 2 rings (SSSR count). The molecule has 1 saturated heterocycles. The van der Waals surface area contributed by atoms with Gasteiger partial charge < -0.3 is 4.74 Å². The SMILES string of the molecule is COC(=O)C(C#N)=NNc1ccc(S(=O)(=O)N2CCCCC2)cc1. The van der Waals surface area contributed by atoms with Crippen molar-refractivity contribution in [3.63, 3.8) is 0 Å². The molecule has 8 nitrogen and oxygen atoms in total. The molecule has 0 radical (unpaired) electrons. The summed E-state index contributed by atoms with van der Waals surface area (Å²) in [5, 5.41) is 12.4. The second-order valence-corrected chi connectivity index (χ2v) is 7.10. The first kappa shape index (κ1) is 17.9. The molecule has 9 heteroatoms. The van der Waals surface area contributed by atoms with Crippen LogP contribution in [0.4, 0.5) is 5.69 Å². The van der Waals surface area contributed by atoms with E-state index in [2.05, 4.69) is 15.3 Å². The molecule has 128 valence electrons. The van der Waals surface area contributed by atoms with Gasteiger partial charge in [0.15, 0.2) is 0 Å². The number of carbonyl (C=O) groups excluding carboxylic acids is 1. The molecule has 24 heavy (non-hydrogen) atoms. The molecule has 0 spiro atoms. The standard InChI is InChI=1S/C15H18N4O4S/c1-23-15(20)14(11-16)18-17-12-5-7-13(8-6-12)24(21,22)19-9-3-2-4-10-19/h5-8,17H,2-4,9-10H2,1H3. The minimum atomic E-state index is -3.49. The van der Waals surface area contributed by atoms with E-state index in [4.69, 9.17) is 5.26 Å². The summed E-state index contributed by atoms with van der Waals surface area (Å²) in [7, 11) is -2.34. The highest BCUT2D eigenvalue weighted by Crippen LogP contribution is 2.21. The Morgan fingerprint density at radius 1 is 1.25 bits per heavy atom. The highest BCUT2D eigenvalue weighted by Gasteiger charge is 2.25. The van der Waals surface area contributed by atoms with Crippen LogP contribution >= 0.6 is 0 Å². The number of methoxy groups -OCH3 is 1. The number of hydrogen-bond donors (Lipinski definition) is 1. The van der Waals surface area contributed by atoms with Crippen LogP contribution in [0.15, 0.2) is 34.3 Å². The molecule has 1 fully saturated rings. The third-order valence-electron chi connectivity index (χ3n) is 3.59. The van der Waals surface area contributed by atoms with Crippen LogP contribution in [0, 0.1) is 11.3 Å². The molecule has 0 bridgehead atoms. The number of nitriles is 1. The summed E-state index contributed by atoms with van der Waals surface area (Å²) in [5.41, 5.74) is 2.55. The van der Waals surface area contributed by atoms with Gasteiger partial charge in [-0.3, -0.25) is 5.43 Å². The summed E-state index contributed by atoms with van der Waals surface area (Å²) in [6, 6.07) is 7.58. The Morgan fingerprint density at radius 3 is 2.42 bits per heavy atom. The van der Waals surface area contributed by atoms with Gasteiger partial charge in [0.25, 0.3) is 0 Å². The number of nitrogens with one attached hydrogen (secondary N) is 1. The second kappa shape index (κ2) is 7.90. The maximum atomic E-state index is 12.5. The fourth-order valence-corrected chi connectivity index (χ4v) is 3.81. The predicted octanol–water partition coefficient (Wildman–Crippen LogP) is 1.33. The lowest BCUT2D eigenvalue weighted by molar-refractivity contribution is -0.132. The first-order valence-corrected chi connectivity index (χ1v) is 8.85. The lowest BCUT2D eigenvalue weighted by Crippen LogP contribution is -2.35. The van der Waals surface area contributed by atoms with Crippen molar-refractivity contribution in [2.75, 3.05) is 25.6 Å². The number of nitrogens with zero attached hydrogens (tertiary/aromatic N) is 3. The minimum absolute atomic E-state index is 0.201. The zero-order valence-corrected chi connectivity index (χ0v) is 14.0. The van der Waals surface area contributed by atoms with Gasteiger partial charge in [-0.2, -0.15) is 14.7 Å². The first-order chi connectivity index (χ1) is 11.5. The number of piperidine rings is 1. The maximum absolute atomic E-state index is 12.5. The summed E-state index contributed by atoms with van der Waals surface area (Å²) in [4.78, 5) is 11.4. The molecule has 1 aromatic rings. The quantitative estimate of drug-likeness (QED) is 0.487. The van der Waals surface area contributed by atoms with Crippen molar-refractivity contribution in [3.8, 4) is 6.07 Å². The van der Waals surface area contributed by atoms with Gasteiger partial charge in [0.05, 0.1) is 17.7 Å². The molecule has 1 heterocycles. The number of carbonyl (C=O) groups is 1. The van der Waals surface area contributed by atoms with Crippen molar-refractivity contribution in [2.45, 2.75) is 24.2 Å². The van der Waals surface area contributed by atoms with Crippen LogP contribution in [0.2, 0.25) is 0 Å². The van der Waals surface area contributed by atoms with Crippen molar-refractivity contribution < 1.29 is 17.9 Å². The number of hydrazone groups is 1. The number of rotatable bonds is 5. The van der Waals surface area contributed by atoms with Gasteiger partial charge in [-0.1, -0.05) is 6.42 Å². The van der Waals surface area contributed by atoms with Gasteiger partial charge in [0.2, 0.25) is 15.7 Å². The van der Waals surface area contributed by atoms with E-state index in [0.29, 0.717) is 18.8 Å². The van der Waals surface area contributed by atoms with Crippen LogP contribution < -0.4 is 5.43 Å². The van der Waals surface area contributed by atoms with E-state index >= 15 is 0 Å². The average Bonchev–Trinajstić information content (AvgIpc) is 2.63. The largest absolute Gasteiger partial charge is 0.464 e. The molecule has 0 amide bonds. The van der Waals surface area contributed by atoms with Gasteiger partial charge in [-0.25, -0.2) is 13.2 Å². The van der Waals surface area contributed by atoms with Gasteiger partial charge in [-0.05, 0) is 37.1 Å². The molecule has 1 N–H and O–H groups in total. The van der Waals surface area contributed by atoms with Crippen molar-refractivity contribution in [2.24, 2.45) is 5.10 Å². The fourth-order valence-electron chi connectivity index (χ4n) is 2.29. The molecule has 0 saturated carbocycles. The molecule has 0 atom stereocenters. The fraction of sp³-hybridized carbons (Fsp3) is 0.400. The highest BCUT2D eigenvalue weighted by atomic mass is 32.2. The second-order valence-electron chi connectivity index (χ2n) is 5.16. The third-order valence-corrected chi connectivity index (χ3v) is 5.50. The normalized spacial score (nSPS) is 16.2. The molecule has 0 aromatic heterocycles. The average molecular weight is 350 g/mol. The summed E-state index contributed by atoms with van der Waals surface area (Å²) in [5.74, 6) is -0.853. The van der Waals surface area contributed by atoms with Gasteiger partial charge in [0.1, 0.15) is 6.07 Å². The Morgan fingerprint density at radius 2 is 1.88 bits per heavy atom. The maximum Gasteiger partial charge on any atom is 0.369 e. The van der Waals surface area contributed by atoms with Crippen LogP contribution in [-0.2, 0) is 19.6 Å². The number of sulfonamides is 1. The lowest BCUT2D eigenvalue weighted by atomic mass is 10.2. The van der Waals surface area contributed by atoms with Gasteiger partial charge in [-0.15, -0.1) is 0 Å². The topological polar surface area (TPSA) is 112 Å². The van der Waals surface area contributed by atoms with Crippen LogP contribution in [0.25, 0.3) is 0 Å². The minimum Gasteiger partial charge on any atom is -0.464 e. The Hall–Kier alpha value is -2.44. The van der Waals surface area contributed by atoms with Crippen molar-refractivity contribution in [1.82, 2.24) is 4.31 Å². The van der Waals surface area contributed by atoms with Crippen molar-refractivity contribution >= 4 is 27.4 Å². The zero-order chi connectivity index (χ0) is 17.6. The smallest absolute Gasteiger partial charge is 0.369 e. The molecule has 1 aliphatic heterocycles. The summed E-state index contributed by atoms with van der Waals surface area (Å²) in [6.45, 7) is 1.08. The van der Waals surface area contributed by atoms with E-state index in [1.165, 1.54) is 28.6 Å². The van der Waals surface area contributed by atoms with Crippen LogP contribution in [0.5, 0.6) is 0 Å². The number of anilines is 1. The van der Waals surface area contributed by atoms with Crippen molar-refractivity contribution in [1.29, 1.82) is 5.26 Å². The summed E-state index contributed by atoms with van der Waals surface area (Å²) < 4.78 is 30.9. The van der Waals surface area contributed by atoms with E-state index in [1.807, 2.05) is 0 Å². The molecule has 1 aliphatic rings. The molecular weight excluding hydrogens is 332 g/mol. The van der Waals surface area contributed by atoms with Crippen LogP contribution in [0.3, 0.4) is 0 Å². The molecule has 0 unspecified atom stereocenters. The van der Waals surface area contributed by atoms with Crippen molar-refractivity contribution in [3.05, 3.63) is 24.3 Å². The number of hydrogen-bond acceptors (Lipinski definition) is 7. The molecular formula is C15H18N4O4S. The number of benzene rings is 1. The number of ether oxygens (including phenoxy) is 1. The Kier molecular flexibility index (Phi) is 5.89. The number of esters is 1. The first-order valence-electron chi connectivity index (χ1n) is 7.41. The van der Waals surface area contributed by atoms with Gasteiger partial charge in [0, 0.05) is 13.1 Å². The predicted molar refractivity (Wildman–Crippen MR) is 87.7 cm³/mol. The molecule has 0 aliphatic carbocycles. The van der Waals surface area contributed by atoms with E-state index in [-0.39, 0.29) is 4.90 Å². The monoisotopic (exact) mass is 350 g/mol. The Bertz CT molecular complexity index is 760. The van der Waals surface area contributed by atoms with E-state index in [9.17, 15) is 13.2 Å². The van der Waals surface area contributed by atoms with Crippen LogP contribution in [0.1, 0.15) is 19.3 Å². The zero-order valence-electron chi connectivity index (χ0n) is 13.2. The summed E-state index contributed by atoms with van der Waals surface area (Å²) in [6.07, 6.45) is 2.80. The van der Waals surface area contributed by atoms with Crippen LogP contribution in [-0.4, -0.2) is 44.6 Å². The Labute approximate surface area is 140 Å². The summed E-state index contributed by atoms with van der Waals surface area (Å²) >= 11 is 0. The van der Waals surface area contributed by atoms with E-state index in [1.54, 1.807) is 6.07 Å². The van der Waals surface area contributed by atoms with Gasteiger partial charge >= 0.3 is 5.97 Å². The lowest BCUT2D eigenvalue weighted by Gasteiger charge is -2.25. The highest BCUT2D eigenvalue weighted by molar-refractivity contribution is 7.89. The Balaban J connectivity index is 2.12. The van der Waals surface area contributed by atoms with E-state index in [0.717, 1.165) is 26.4 Å². The van der Waals surface area contributed by atoms with E-state index < -0.39 is 21.7 Å². The molecule has 1 aromatic carbocycles. The third kappa shape index (κ3) is 4.10.